The molecule has 0 spiro atoms. The molecule has 94 valence electrons. The molecule has 0 saturated carbocycles. The Bertz CT molecular complexity index is 513. The smallest absolute Gasteiger partial charge is 0.366 e. The summed E-state index contributed by atoms with van der Waals surface area (Å²) in [5.74, 6) is -1.19. The first-order valence-electron chi connectivity index (χ1n) is 5.51. The van der Waals surface area contributed by atoms with Gasteiger partial charge < -0.3 is 9.47 Å². The van der Waals surface area contributed by atoms with E-state index in [1.807, 2.05) is 6.92 Å². The second-order valence-corrected chi connectivity index (χ2v) is 3.58. The van der Waals surface area contributed by atoms with Crippen LogP contribution < -0.4 is 0 Å². The Morgan fingerprint density at radius 1 is 1.50 bits per heavy atom. The molecule has 0 bridgehead atoms. The number of ether oxygens (including phenoxy) is 2. The van der Waals surface area contributed by atoms with Crippen LogP contribution in [0.2, 0.25) is 0 Å². The number of rotatable bonds is 4. The molecule has 0 amide bonds. The largest absolute Gasteiger partial charge is 0.462 e. The average Bonchev–Trinajstić information content (AvgIpc) is 2.67. The minimum absolute atomic E-state index is 0.00473. The van der Waals surface area contributed by atoms with E-state index < -0.39 is 11.9 Å². The van der Waals surface area contributed by atoms with Crippen LogP contribution >= 0.6 is 0 Å². The molecule has 0 atom stereocenters. The van der Waals surface area contributed by atoms with Crippen LogP contribution in [-0.4, -0.2) is 33.7 Å². The lowest BCUT2D eigenvalue weighted by Gasteiger charge is -2.00. The second kappa shape index (κ2) is 5.35. The van der Waals surface area contributed by atoms with E-state index in [0.717, 1.165) is 18.9 Å². The predicted molar refractivity (Wildman–Crippen MR) is 59.1 cm³/mol. The first kappa shape index (κ1) is 12.2. The zero-order valence-corrected chi connectivity index (χ0v) is 9.75. The van der Waals surface area contributed by atoms with E-state index >= 15 is 0 Å². The lowest BCUT2D eigenvalue weighted by molar-refractivity contribution is -0.137. The van der Waals surface area contributed by atoms with Crippen molar-refractivity contribution < 1.29 is 19.1 Å². The molecule has 0 radical (unpaired) electrons. The highest BCUT2D eigenvalue weighted by atomic mass is 16.6. The normalized spacial score (nSPS) is 15.4. The van der Waals surface area contributed by atoms with E-state index in [4.69, 9.17) is 9.47 Å². The van der Waals surface area contributed by atoms with E-state index in [-0.39, 0.29) is 17.1 Å². The predicted octanol–water partition coefficient (Wildman–Crippen LogP) is 0.726. The van der Waals surface area contributed by atoms with E-state index in [1.54, 1.807) is 0 Å². The van der Waals surface area contributed by atoms with Crippen molar-refractivity contribution in [3.05, 3.63) is 23.8 Å². The lowest BCUT2D eigenvalue weighted by atomic mass is 10.3. The van der Waals surface area contributed by atoms with Crippen LogP contribution in [0.5, 0.6) is 0 Å². The number of cyclic esters (lactones) is 1. The number of fused-ring (bicyclic) bond motifs is 1. The first-order chi connectivity index (χ1) is 8.72. The summed E-state index contributed by atoms with van der Waals surface area (Å²) in [5.41, 5.74) is 0.215. The van der Waals surface area contributed by atoms with E-state index in [9.17, 15) is 9.59 Å². The van der Waals surface area contributed by atoms with Gasteiger partial charge in [-0.2, -0.15) is 0 Å². The number of esters is 2. The SMILES string of the molecule is CCCCOC(=O)C=C1OC(=O)c2nncnc21. The van der Waals surface area contributed by atoms with Crippen LogP contribution in [0.1, 0.15) is 35.9 Å². The summed E-state index contributed by atoms with van der Waals surface area (Å²) in [6.07, 6.45) is 3.99. The van der Waals surface area contributed by atoms with E-state index in [0.29, 0.717) is 6.61 Å². The summed E-state index contributed by atoms with van der Waals surface area (Å²) in [5, 5.41) is 7.07. The summed E-state index contributed by atoms with van der Waals surface area (Å²) in [4.78, 5) is 26.6. The van der Waals surface area contributed by atoms with Gasteiger partial charge in [0.15, 0.2) is 5.76 Å². The van der Waals surface area contributed by atoms with Gasteiger partial charge in [0.25, 0.3) is 0 Å². The summed E-state index contributed by atoms with van der Waals surface area (Å²) < 4.78 is 9.79. The molecule has 7 nitrogen and oxygen atoms in total. The fraction of sp³-hybridized carbons (Fsp3) is 0.364. The molecule has 0 N–H and O–H groups in total. The van der Waals surface area contributed by atoms with Crippen LogP contribution in [0.15, 0.2) is 12.4 Å². The molecule has 0 aliphatic carbocycles. The van der Waals surface area contributed by atoms with Crippen molar-refractivity contribution in [2.24, 2.45) is 0 Å². The van der Waals surface area contributed by atoms with Crippen LogP contribution in [0, 0.1) is 0 Å². The molecular weight excluding hydrogens is 238 g/mol. The van der Waals surface area contributed by atoms with Gasteiger partial charge in [-0.1, -0.05) is 13.3 Å². The van der Waals surface area contributed by atoms with E-state index in [2.05, 4.69) is 15.2 Å². The standard InChI is InChI=1S/C11H11N3O4/c1-2-3-4-17-8(15)5-7-9-10(11(16)18-7)14-13-6-12-9/h5-6H,2-4H2,1H3. The Hall–Kier alpha value is -2.31. The highest BCUT2D eigenvalue weighted by Gasteiger charge is 2.30. The maximum Gasteiger partial charge on any atom is 0.366 e. The van der Waals surface area contributed by atoms with Crippen LogP contribution in [-0.2, 0) is 14.3 Å². The molecule has 2 heterocycles. The quantitative estimate of drug-likeness (QED) is 0.441. The van der Waals surface area contributed by atoms with Crippen LogP contribution in [0.3, 0.4) is 0 Å². The molecule has 0 saturated heterocycles. The Morgan fingerprint density at radius 2 is 2.33 bits per heavy atom. The van der Waals surface area contributed by atoms with Gasteiger partial charge in [-0.15, -0.1) is 10.2 Å². The number of carbonyl (C=O) groups is 2. The molecule has 0 aromatic carbocycles. The number of unbranched alkanes of at least 4 members (excludes halogenated alkanes) is 1. The molecule has 0 fully saturated rings. The first-order valence-corrected chi connectivity index (χ1v) is 5.51. The fourth-order valence-corrected chi connectivity index (χ4v) is 1.35. The fourth-order valence-electron chi connectivity index (χ4n) is 1.35. The topological polar surface area (TPSA) is 91.3 Å². The zero-order chi connectivity index (χ0) is 13.0. The van der Waals surface area contributed by atoms with Gasteiger partial charge in [-0.3, -0.25) is 0 Å². The number of nitrogens with zero attached hydrogens (tertiary/aromatic N) is 3. The van der Waals surface area contributed by atoms with E-state index in [1.165, 1.54) is 6.33 Å². The molecule has 1 aromatic heterocycles. The van der Waals surface area contributed by atoms with Gasteiger partial charge in [-0.05, 0) is 6.42 Å². The maximum absolute atomic E-state index is 11.4. The molecule has 1 aromatic rings. The molecular formula is C11H11N3O4. The average molecular weight is 249 g/mol. The van der Waals surface area contributed by atoms with Gasteiger partial charge in [0.05, 0.1) is 12.7 Å². The van der Waals surface area contributed by atoms with Crippen molar-refractivity contribution in [3.63, 3.8) is 0 Å². The summed E-state index contributed by atoms with van der Waals surface area (Å²) >= 11 is 0. The molecule has 2 rings (SSSR count). The molecule has 1 aliphatic rings. The van der Waals surface area contributed by atoms with Gasteiger partial charge in [0.2, 0.25) is 5.69 Å². The lowest BCUT2D eigenvalue weighted by Crippen LogP contribution is -2.03. The number of carbonyl (C=O) groups excluding carboxylic acids is 2. The molecule has 0 unspecified atom stereocenters. The number of hydrogen-bond acceptors (Lipinski definition) is 7. The Kier molecular flexibility index (Phi) is 3.61. The van der Waals surface area contributed by atoms with Crippen molar-refractivity contribution in [2.45, 2.75) is 19.8 Å². The van der Waals surface area contributed by atoms with Crippen molar-refractivity contribution in [1.29, 1.82) is 0 Å². The van der Waals surface area contributed by atoms with Crippen molar-refractivity contribution >= 4 is 17.7 Å². The minimum Gasteiger partial charge on any atom is -0.462 e. The maximum atomic E-state index is 11.4. The van der Waals surface area contributed by atoms with Crippen LogP contribution in [0.25, 0.3) is 5.76 Å². The zero-order valence-electron chi connectivity index (χ0n) is 9.75. The molecule has 18 heavy (non-hydrogen) atoms. The monoisotopic (exact) mass is 249 g/mol. The van der Waals surface area contributed by atoms with Gasteiger partial charge in [0, 0.05) is 0 Å². The van der Waals surface area contributed by atoms with Crippen molar-refractivity contribution in [1.82, 2.24) is 15.2 Å². The summed E-state index contributed by atoms with van der Waals surface area (Å²) in [7, 11) is 0. The van der Waals surface area contributed by atoms with Crippen molar-refractivity contribution in [3.8, 4) is 0 Å². The molecule has 1 aliphatic heterocycles. The Balaban J connectivity index is 2.11. The van der Waals surface area contributed by atoms with Gasteiger partial charge in [0.1, 0.15) is 12.0 Å². The Labute approximate surface area is 103 Å². The van der Waals surface area contributed by atoms with Gasteiger partial charge >= 0.3 is 11.9 Å². The van der Waals surface area contributed by atoms with Gasteiger partial charge in [-0.25, -0.2) is 14.6 Å². The highest BCUT2D eigenvalue weighted by Crippen LogP contribution is 2.25. The van der Waals surface area contributed by atoms with Crippen molar-refractivity contribution in [2.75, 3.05) is 6.61 Å². The second-order valence-electron chi connectivity index (χ2n) is 3.58. The third kappa shape index (κ3) is 2.50. The number of aromatic nitrogens is 3. The third-order valence-electron chi connectivity index (χ3n) is 2.24. The highest BCUT2D eigenvalue weighted by molar-refractivity contribution is 6.03. The minimum atomic E-state index is -0.668. The summed E-state index contributed by atoms with van der Waals surface area (Å²) in [6.45, 7) is 2.33. The number of hydrogen-bond donors (Lipinski definition) is 0. The summed E-state index contributed by atoms with van der Waals surface area (Å²) in [6, 6.07) is 0. The third-order valence-corrected chi connectivity index (χ3v) is 2.24. The van der Waals surface area contributed by atoms with Crippen LogP contribution in [0.4, 0.5) is 0 Å². The Morgan fingerprint density at radius 3 is 3.11 bits per heavy atom. The molecule has 7 heteroatoms.